The van der Waals surface area contributed by atoms with Gasteiger partial charge in [-0.15, -0.1) is 0 Å². The van der Waals surface area contributed by atoms with E-state index in [-0.39, 0.29) is 12.2 Å². The Kier molecular flexibility index (Phi) is 13.0. The van der Waals surface area contributed by atoms with E-state index < -0.39 is 0 Å². The molecule has 0 aromatic rings. The SMILES string of the molecule is CCNC(=O)OC(C)CCC=C(C)CCC=C(C)CCC=C(C)C. The van der Waals surface area contributed by atoms with E-state index in [1.54, 1.807) is 0 Å². The predicted molar refractivity (Wildman–Crippen MR) is 104 cm³/mol. The molecular formula is C21H37NO2. The molecule has 0 fully saturated rings. The van der Waals surface area contributed by atoms with Crippen LogP contribution in [0.4, 0.5) is 4.79 Å². The highest BCUT2D eigenvalue weighted by Crippen LogP contribution is 2.13. The lowest BCUT2D eigenvalue weighted by Gasteiger charge is -2.12. The molecule has 3 nitrogen and oxygen atoms in total. The van der Waals surface area contributed by atoms with Crippen LogP contribution in [-0.2, 0) is 4.74 Å². The number of hydrogen-bond donors (Lipinski definition) is 1. The summed E-state index contributed by atoms with van der Waals surface area (Å²) in [5.74, 6) is 0. The van der Waals surface area contributed by atoms with E-state index in [0.29, 0.717) is 6.54 Å². The second-order valence-electron chi connectivity index (χ2n) is 6.78. The third-order valence-electron chi connectivity index (χ3n) is 3.82. The largest absolute Gasteiger partial charge is 0.447 e. The van der Waals surface area contributed by atoms with Crippen molar-refractivity contribution in [2.45, 2.75) is 86.2 Å². The van der Waals surface area contributed by atoms with Crippen LogP contribution >= 0.6 is 0 Å². The van der Waals surface area contributed by atoms with Gasteiger partial charge in [-0.05, 0) is 80.1 Å². The molecule has 0 bridgehead atoms. The summed E-state index contributed by atoms with van der Waals surface area (Å²) in [6.45, 7) is 13.1. The van der Waals surface area contributed by atoms with Gasteiger partial charge in [0, 0.05) is 6.54 Å². The van der Waals surface area contributed by atoms with Crippen LogP contribution in [0.3, 0.4) is 0 Å². The summed E-state index contributed by atoms with van der Waals surface area (Å²) in [6.07, 6.45) is 12.9. The second kappa shape index (κ2) is 13.9. The molecule has 3 heteroatoms. The van der Waals surface area contributed by atoms with Gasteiger partial charge in [0.15, 0.2) is 0 Å². The Morgan fingerprint density at radius 2 is 1.50 bits per heavy atom. The lowest BCUT2D eigenvalue weighted by atomic mass is 10.1. The van der Waals surface area contributed by atoms with Crippen molar-refractivity contribution in [1.82, 2.24) is 5.32 Å². The fraction of sp³-hybridized carbons (Fsp3) is 0.667. The van der Waals surface area contributed by atoms with E-state index in [1.807, 2.05) is 13.8 Å². The van der Waals surface area contributed by atoms with Crippen LogP contribution < -0.4 is 5.32 Å². The first-order valence-electron chi connectivity index (χ1n) is 9.24. The molecule has 24 heavy (non-hydrogen) atoms. The molecule has 138 valence electrons. The van der Waals surface area contributed by atoms with Gasteiger partial charge in [0.25, 0.3) is 0 Å². The van der Waals surface area contributed by atoms with E-state index >= 15 is 0 Å². The molecule has 0 aliphatic carbocycles. The number of nitrogens with one attached hydrogen (secondary N) is 1. The summed E-state index contributed by atoms with van der Waals surface area (Å²) in [6, 6.07) is 0. The fourth-order valence-electron chi connectivity index (χ4n) is 2.33. The molecule has 1 unspecified atom stereocenters. The summed E-state index contributed by atoms with van der Waals surface area (Å²) in [7, 11) is 0. The fourth-order valence-corrected chi connectivity index (χ4v) is 2.33. The summed E-state index contributed by atoms with van der Waals surface area (Å²) in [5.41, 5.74) is 4.28. The van der Waals surface area contributed by atoms with Crippen LogP contribution in [0.1, 0.15) is 80.1 Å². The molecule has 0 saturated carbocycles. The van der Waals surface area contributed by atoms with Crippen LogP contribution in [0.5, 0.6) is 0 Å². The van der Waals surface area contributed by atoms with Crippen molar-refractivity contribution in [2.75, 3.05) is 6.54 Å². The van der Waals surface area contributed by atoms with Crippen molar-refractivity contribution in [1.29, 1.82) is 0 Å². The molecule has 0 saturated heterocycles. The Hall–Kier alpha value is -1.51. The number of ether oxygens (including phenoxy) is 1. The highest BCUT2D eigenvalue weighted by Gasteiger charge is 2.06. The minimum absolute atomic E-state index is 0.0437. The van der Waals surface area contributed by atoms with Gasteiger partial charge < -0.3 is 10.1 Å². The summed E-state index contributed by atoms with van der Waals surface area (Å²) >= 11 is 0. The molecule has 0 radical (unpaired) electrons. The van der Waals surface area contributed by atoms with Gasteiger partial charge in [0.1, 0.15) is 6.10 Å². The number of carbonyl (C=O) groups excluding carboxylic acids is 1. The maximum Gasteiger partial charge on any atom is 0.407 e. The van der Waals surface area contributed by atoms with Crippen LogP contribution in [-0.4, -0.2) is 18.7 Å². The maximum absolute atomic E-state index is 11.3. The van der Waals surface area contributed by atoms with Gasteiger partial charge in [-0.3, -0.25) is 0 Å². The van der Waals surface area contributed by atoms with Crippen molar-refractivity contribution in [3.8, 4) is 0 Å². The normalized spacial score (nSPS) is 13.4. The van der Waals surface area contributed by atoms with E-state index in [2.05, 4.69) is 51.2 Å². The number of carbonyl (C=O) groups is 1. The third kappa shape index (κ3) is 14.1. The standard InChI is InChI=1S/C21H37NO2/c1-7-22-21(23)24-20(6)16-10-15-19(5)14-9-13-18(4)12-8-11-17(2)3/h11,13,15,20H,7-10,12,14,16H2,1-6H3,(H,22,23). The molecule has 1 N–H and O–H groups in total. The summed E-state index contributed by atoms with van der Waals surface area (Å²) in [4.78, 5) is 11.3. The number of rotatable bonds is 11. The summed E-state index contributed by atoms with van der Waals surface area (Å²) in [5, 5.41) is 2.65. The first-order valence-corrected chi connectivity index (χ1v) is 9.24. The Labute approximate surface area is 149 Å². The van der Waals surface area contributed by atoms with Crippen molar-refractivity contribution in [3.05, 3.63) is 34.9 Å². The molecular weight excluding hydrogens is 298 g/mol. The van der Waals surface area contributed by atoms with Crippen molar-refractivity contribution >= 4 is 6.09 Å². The van der Waals surface area contributed by atoms with Crippen molar-refractivity contribution in [2.24, 2.45) is 0 Å². The first-order chi connectivity index (χ1) is 11.3. The quantitative estimate of drug-likeness (QED) is 0.449. The van der Waals surface area contributed by atoms with Crippen LogP contribution in [0.2, 0.25) is 0 Å². The highest BCUT2D eigenvalue weighted by molar-refractivity contribution is 5.67. The average Bonchev–Trinajstić information content (AvgIpc) is 2.46. The van der Waals surface area contributed by atoms with E-state index in [0.717, 1.165) is 38.5 Å². The number of hydrogen-bond acceptors (Lipinski definition) is 2. The number of allylic oxidation sites excluding steroid dienone is 6. The monoisotopic (exact) mass is 335 g/mol. The van der Waals surface area contributed by atoms with Gasteiger partial charge in [0.2, 0.25) is 0 Å². The maximum atomic E-state index is 11.3. The molecule has 0 aliphatic rings. The first kappa shape index (κ1) is 22.5. The second-order valence-corrected chi connectivity index (χ2v) is 6.78. The summed E-state index contributed by atoms with van der Waals surface area (Å²) < 4.78 is 5.25. The predicted octanol–water partition coefficient (Wildman–Crippen LogP) is 6.32. The van der Waals surface area contributed by atoms with E-state index in [9.17, 15) is 4.79 Å². The number of amides is 1. The zero-order chi connectivity index (χ0) is 18.4. The van der Waals surface area contributed by atoms with Crippen LogP contribution in [0.15, 0.2) is 34.9 Å². The Bertz CT molecular complexity index is 443. The van der Waals surface area contributed by atoms with Crippen molar-refractivity contribution in [3.63, 3.8) is 0 Å². The Balaban J connectivity index is 3.94. The molecule has 0 aliphatic heterocycles. The van der Waals surface area contributed by atoms with Gasteiger partial charge in [-0.2, -0.15) is 0 Å². The molecule has 0 spiro atoms. The molecule has 1 atom stereocenters. The number of alkyl carbamates (subject to hydrolysis) is 1. The van der Waals surface area contributed by atoms with E-state index in [1.165, 1.54) is 16.7 Å². The zero-order valence-corrected chi connectivity index (χ0v) is 16.6. The molecule has 0 aromatic carbocycles. The average molecular weight is 336 g/mol. The lowest BCUT2D eigenvalue weighted by Crippen LogP contribution is -2.27. The van der Waals surface area contributed by atoms with Crippen LogP contribution in [0.25, 0.3) is 0 Å². The Morgan fingerprint density at radius 3 is 2.04 bits per heavy atom. The highest BCUT2D eigenvalue weighted by atomic mass is 16.6. The smallest absolute Gasteiger partial charge is 0.407 e. The molecule has 1 amide bonds. The van der Waals surface area contributed by atoms with Crippen molar-refractivity contribution < 1.29 is 9.53 Å². The minimum Gasteiger partial charge on any atom is -0.447 e. The van der Waals surface area contributed by atoms with Gasteiger partial charge in [0.05, 0.1) is 0 Å². The zero-order valence-electron chi connectivity index (χ0n) is 16.6. The molecule has 0 rings (SSSR count). The third-order valence-corrected chi connectivity index (χ3v) is 3.82. The van der Waals surface area contributed by atoms with Crippen LogP contribution in [0, 0.1) is 0 Å². The van der Waals surface area contributed by atoms with Gasteiger partial charge in [-0.25, -0.2) is 4.79 Å². The molecule has 0 heterocycles. The Morgan fingerprint density at radius 1 is 0.958 bits per heavy atom. The van der Waals surface area contributed by atoms with Gasteiger partial charge in [-0.1, -0.05) is 34.9 Å². The topological polar surface area (TPSA) is 38.3 Å². The minimum atomic E-state index is -0.320. The molecule has 0 aromatic heterocycles. The van der Waals surface area contributed by atoms with Gasteiger partial charge >= 0.3 is 6.09 Å². The van der Waals surface area contributed by atoms with E-state index in [4.69, 9.17) is 4.74 Å². The lowest BCUT2D eigenvalue weighted by molar-refractivity contribution is 0.103.